The minimum atomic E-state index is -0.136. The Kier molecular flexibility index (Phi) is 3.42. The van der Waals surface area contributed by atoms with Crippen LogP contribution in [0, 0.1) is 6.92 Å². The fourth-order valence-corrected chi connectivity index (χ4v) is 2.80. The van der Waals surface area contributed by atoms with Crippen molar-refractivity contribution in [2.24, 2.45) is 0 Å². The maximum absolute atomic E-state index is 12.5. The van der Waals surface area contributed by atoms with Gasteiger partial charge in [-0.1, -0.05) is 31.2 Å². The lowest BCUT2D eigenvalue weighted by Crippen LogP contribution is -2.28. The highest BCUT2D eigenvalue weighted by molar-refractivity contribution is 6.01. The van der Waals surface area contributed by atoms with Crippen molar-refractivity contribution < 1.29 is 9.21 Å². The normalized spacial score (nSPS) is 18.0. The van der Waals surface area contributed by atoms with Gasteiger partial charge >= 0.3 is 0 Å². The number of amides is 1. The van der Waals surface area contributed by atoms with Crippen molar-refractivity contribution in [3.63, 3.8) is 0 Å². The molecule has 0 saturated heterocycles. The minimum absolute atomic E-state index is 0.0275. The number of carbonyl (C=O) groups is 1. The van der Waals surface area contributed by atoms with Gasteiger partial charge in [-0.2, -0.15) is 0 Å². The number of rotatable bonds is 3. The zero-order valence-electron chi connectivity index (χ0n) is 12.5. The molecule has 0 spiro atoms. The van der Waals surface area contributed by atoms with Crippen LogP contribution in [0.1, 0.15) is 48.5 Å². The molecule has 108 valence electrons. The van der Waals surface area contributed by atoms with E-state index in [0.29, 0.717) is 0 Å². The first-order valence-electron chi connectivity index (χ1n) is 7.24. The van der Waals surface area contributed by atoms with E-state index in [1.54, 1.807) is 0 Å². The smallest absolute Gasteiger partial charge is 0.248 e. The number of hydrogen-bond acceptors (Lipinski definition) is 2. The van der Waals surface area contributed by atoms with E-state index in [0.717, 1.165) is 22.7 Å². The second-order valence-electron chi connectivity index (χ2n) is 5.59. The summed E-state index contributed by atoms with van der Waals surface area (Å²) in [5.74, 6) is 1.74. The van der Waals surface area contributed by atoms with Gasteiger partial charge in [0.25, 0.3) is 0 Å². The van der Waals surface area contributed by atoms with E-state index in [9.17, 15) is 4.79 Å². The molecule has 1 amide bonds. The molecule has 0 saturated carbocycles. The number of nitrogens with one attached hydrogen (secondary N) is 1. The van der Waals surface area contributed by atoms with Crippen LogP contribution in [-0.2, 0) is 4.79 Å². The monoisotopic (exact) mass is 281 g/mol. The molecule has 0 bridgehead atoms. The number of furan rings is 1. The van der Waals surface area contributed by atoms with E-state index < -0.39 is 0 Å². The van der Waals surface area contributed by atoms with E-state index in [1.165, 1.54) is 5.56 Å². The van der Waals surface area contributed by atoms with E-state index >= 15 is 0 Å². The van der Waals surface area contributed by atoms with Crippen molar-refractivity contribution in [3.05, 3.63) is 64.6 Å². The van der Waals surface area contributed by atoms with Gasteiger partial charge in [-0.15, -0.1) is 0 Å². The van der Waals surface area contributed by atoms with Crippen LogP contribution < -0.4 is 5.32 Å². The Morgan fingerprint density at radius 2 is 2.00 bits per heavy atom. The van der Waals surface area contributed by atoms with Gasteiger partial charge in [-0.05, 0) is 43.2 Å². The summed E-state index contributed by atoms with van der Waals surface area (Å²) in [5.41, 5.74) is 3.16. The zero-order chi connectivity index (χ0) is 15.0. The Balaban J connectivity index is 1.75. The zero-order valence-corrected chi connectivity index (χ0v) is 12.5. The topological polar surface area (TPSA) is 42.2 Å². The summed E-state index contributed by atoms with van der Waals surface area (Å²) in [5, 5.41) is 3.02. The van der Waals surface area contributed by atoms with E-state index in [2.05, 4.69) is 18.3 Å². The van der Waals surface area contributed by atoms with Crippen LogP contribution in [0.5, 0.6) is 0 Å². The maximum atomic E-state index is 12.5. The van der Waals surface area contributed by atoms with E-state index in [1.807, 2.05) is 50.3 Å². The van der Waals surface area contributed by atoms with Crippen LogP contribution in [0.2, 0.25) is 0 Å². The summed E-state index contributed by atoms with van der Waals surface area (Å²) in [6.07, 6.45) is 1.98. The lowest BCUT2D eigenvalue weighted by Gasteiger charge is -2.15. The van der Waals surface area contributed by atoms with Crippen molar-refractivity contribution >= 4 is 12.0 Å². The second-order valence-corrected chi connectivity index (χ2v) is 5.59. The third kappa shape index (κ3) is 2.51. The van der Waals surface area contributed by atoms with Gasteiger partial charge in [0.15, 0.2) is 0 Å². The van der Waals surface area contributed by atoms with Crippen LogP contribution in [0.25, 0.3) is 6.08 Å². The molecule has 1 N–H and O–H groups in total. The Bertz CT molecular complexity index is 712. The highest BCUT2D eigenvalue weighted by Crippen LogP contribution is 2.35. The van der Waals surface area contributed by atoms with Crippen LogP contribution in [0.15, 0.2) is 46.4 Å². The highest BCUT2D eigenvalue weighted by atomic mass is 16.3. The molecular weight excluding hydrogens is 262 g/mol. The molecule has 1 aromatic heterocycles. The van der Waals surface area contributed by atoms with Crippen LogP contribution in [-0.4, -0.2) is 5.91 Å². The van der Waals surface area contributed by atoms with E-state index in [4.69, 9.17) is 4.42 Å². The van der Waals surface area contributed by atoms with Gasteiger partial charge in [0, 0.05) is 11.5 Å². The first-order chi connectivity index (χ1) is 10.1. The Hall–Kier alpha value is -2.29. The number of aryl methyl sites for hydroxylation is 1. The molecule has 1 aliphatic rings. The second kappa shape index (κ2) is 5.24. The Labute approximate surface area is 124 Å². The van der Waals surface area contributed by atoms with Crippen molar-refractivity contribution in [2.75, 3.05) is 0 Å². The molecule has 3 rings (SSSR count). The first-order valence-corrected chi connectivity index (χ1v) is 7.24. The SMILES string of the molecule is Cc1ccc([C@@H](C)NC(=O)C2=Cc3ccccc3[C@@H]2C)o1. The lowest BCUT2D eigenvalue weighted by molar-refractivity contribution is -0.118. The molecule has 0 unspecified atom stereocenters. The van der Waals surface area contributed by atoms with Crippen molar-refractivity contribution in [1.82, 2.24) is 5.32 Å². The van der Waals surface area contributed by atoms with Gasteiger partial charge in [0.1, 0.15) is 11.5 Å². The summed E-state index contributed by atoms with van der Waals surface area (Å²) in [6, 6.07) is 11.8. The highest BCUT2D eigenvalue weighted by Gasteiger charge is 2.27. The molecule has 2 aromatic rings. The van der Waals surface area contributed by atoms with Gasteiger partial charge in [-0.3, -0.25) is 4.79 Å². The summed E-state index contributed by atoms with van der Waals surface area (Å²) < 4.78 is 5.56. The quantitative estimate of drug-likeness (QED) is 0.925. The van der Waals surface area contributed by atoms with Crippen molar-refractivity contribution in [3.8, 4) is 0 Å². The fourth-order valence-electron chi connectivity index (χ4n) is 2.80. The lowest BCUT2D eigenvalue weighted by atomic mass is 9.97. The average molecular weight is 281 g/mol. The molecule has 21 heavy (non-hydrogen) atoms. The molecule has 1 aliphatic carbocycles. The number of benzene rings is 1. The van der Waals surface area contributed by atoms with Crippen molar-refractivity contribution in [2.45, 2.75) is 32.7 Å². The third-order valence-corrected chi connectivity index (χ3v) is 4.04. The largest absolute Gasteiger partial charge is 0.464 e. The molecule has 0 fully saturated rings. The third-order valence-electron chi connectivity index (χ3n) is 4.04. The van der Waals surface area contributed by atoms with Crippen LogP contribution >= 0.6 is 0 Å². The molecule has 0 aliphatic heterocycles. The first kappa shape index (κ1) is 13.7. The molecular formula is C18H19NO2. The van der Waals surface area contributed by atoms with Gasteiger partial charge in [0.05, 0.1) is 6.04 Å². The number of fused-ring (bicyclic) bond motifs is 1. The maximum Gasteiger partial charge on any atom is 0.248 e. The minimum Gasteiger partial charge on any atom is -0.464 e. The molecule has 0 radical (unpaired) electrons. The van der Waals surface area contributed by atoms with Gasteiger partial charge in [0.2, 0.25) is 5.91 Å². The number of carbonyl (C=O) groups excluding carboxylic acids is 1. The van der Waals surface area contributed by atoms with Crippen molar-refractivity contribution in [1.29, 1.82) is 0 Å². The average Bonchev–Trinajstić information content (AvgIpc) is 3.04. The molecule has 1 aromatic carbocycles. The molecule has 3 heteroatoms. The Morgan fingerprint density at radius 1 is 1.24 bits per heavy atom. The molecule has 2 atom stereocenters. The summed E-state index contributed by atoms with van der Waals surface area (Å²) >= 11 is 0. The summed E-state index contributed by atoms with van der Waals surface area (Å²) in [6.45, 7) is 5.90. The van der Waals surface area contributed by atoms with Crippen LogP contribution in [0.3, 0.4) is 0 Å². The van der Waals surface area contributed by atoms with E-state index in [-0.39, 0.29) is 17.9 Å². The molecule has 3 nitrogen and oxygen atoms in total. The predicted octanol–water partition coefficient (Wildman–Crippen LogP) is 3.97. The Morgan fingerprint density at radius 3 is 2.67 bits per heavy atom. The van der Waals surface area contributed by atoms with Gasteiger partial charge < -0.3 is 9.73 Å². The summed E-state index contributed by atoms with van der Waals surface area (Å²) in [7, 11) is 0. The number of hydrogen-bond donors (Lipinski definition) is 1. The van der Waals surface area contributed by atoms with Crippen LogP contribution in [0.4, 0.5) is 0 Å². The summed E-state index contributed by atoms with van der Waals surface area (Å²) in [4.78, 5) is 12.5. The molecule has 1 heterocycles. The fraction of sp³-hybridized carbons (Fsp3) is 0.278. The predicted molar refractivity (Wildman–Crippen MR) is 82.8 cm³/mol. The standard InChI is InChI=1S/C18H19NO2/c1-11-8-9-17(21-11)13(3)19-18(20)16-10-14-6-4-5-7-15(14)12(16)2/h4-10,12-13H,1-3H3,(H,19,20)/t12-,13+/m0/s1. The van der Waals surface area contributed by atoms with Gasteiger partial charge in [-0.25, -0.2) is 0 Å².